The van der Waals surface area contributed by atoms with Gasteiger partial charge in [-0.2, -0.15) is 0 Å². The second-order valence-corrected chi connectivity index (χ2v) is 5.53. The van der Waals surface area contributed by atoms with E-state index in [9.17, 15) is 9.59 Å². The minimum absolute atomic E-state index is 0.0167. The number of nitrogens with zero attached hydrogens (tertiary/aromatic N) is 2. The Labute approximate surface area is 137 Å². The summed E-state index contributed by atoms with van der Waals surface area (Å²) in [7, 11) is 0. The van der Waals surface area contributed by atoms with Crippen molar-refractivity contribution in [2.24, 2.45) is 0 Å². The van der Waals surface area contributed by atoms with Crippen molar-refractivity contribution in [2.75, 3.05) is 39.4 Å². The second kappa shape index (κ2) is 8.41. The lowest BCUT2D eigenvalue weighted by Gasteiger charge is -2.21. The average molecular weight is 320 g/mol. The van der Waals surface area contributed by atoms with Gasteiger partial charge in [-0.15, -0.1) is 0 Å². The van der Waals surface area contributed by atoms with Crippen LogP contribution in [0.5, 0.6) is 5.75 Å². The van der Waals surface area contributed by atoms with Gasteiger partial charge in [-0.05, 0) is 38.0 Å². The number of carbonyl (C=O) groups excluding carboxylic acids is 2. The van der Waals surface area contributed by atoms with Crippen LogP contribution in [0, 0.1) is 6.92 Å². The molecule has 0 N–H and O–H groups in total. The molecule has 0 radical (unpaired) electrons. The quantitative estimate of drug-likeness (QED) is 0.852. The third-order valence-corrected chi connectivity index (χ3v) is 3.73. The van der Waals surface area contributed by atoms with Crippen LogP contribution in [0.15, 0.2) is 24.3 Å². The van der Waals surface area contributed by atoms with Crippen LogP contribution in [-0.2, 0) is 9.53 Å². The third-order valence-electron chi connectivity index (χ3n) is 3.73. The summed E-state index contributed by atoms with van der Waals surface area (Å²) in [6.45, 7) is 6.39. The minimum atomic E-state index is -0.308. The molecule has 1 aromatic carbocycles. The van der Waals surface area contributed by atoms with Crippen LogP contribution in [0.25, 0.3) is 0 Å². The number of rotatable bonds is 4. The van der Waals surface area contributed by atoms with Gasteiger partial charge in [-0.25, -0.2) is 4.79 Å². The number of benzene rings is 1. The van der Waals surface area contributed by atoms with Crippen molar-refractivity contribution in [1.82, 2.24) is 9.80 Å². The molecule has 1 saturated heterocycles. The first-order valence-electron chi connectivity index (χ1n) is 7.99. The first kappa shape index (κ1) is 17.1. The van der Waals surface area contributed by atoms with Gasteiger partial charge in [0.2, 0.25) is 0 Å². The van der Waals surface area contributed by atoms with Crippen molar-refractivity contribution in [2.45, 2.75) is 20.3 Å². The van der Waals surface area contributed by atoms with Gasteiger partial charge in [0.1, 0.15) is 5.75 Å². The molecule has 1 heterocycles. The topological polar surface area (TPSA) is 59.1 Å². The highest BCUT2D eigenvalue weighted by atomic mass is 16.6. The van der Waals surface area contributed by atoms with E-state index in [0.29, 0.717) is 38.5 Å². The summed E-state index contributed by atoms with van der Waals surface area (Å²) in [5.74, 6) is 0.638. The summed E-state index contributed by atoms with van der Waals surface area (Å²) in [5, 5.41) is 0. The van der Waals surface area contributed by atoms with E-state index >= 15 is 0 Å². The molecule has 126 valence electrons. The molecule has 0 bridgehead atoms. The van der Waals surface area contributed by atoms with Crippen molar-refractivity contribution in [1.29, 1.82) is 0 Å². The molecule has 0 aliphatic carbocycles. The predicted molar refractivity (Wildman–Crippen MR) is 86.5 cm³/mol. The van der Waals surface area contributed by atoms with E-state index in [4.69, 9.17) is 9.47 Å². The van der Waals surface area contributed by atoms with Gasteiger partial charge in [0.15, 0.2) is 6.61 Å². The van der Waals surface area contributed by atoms with Crippen molar-refractivity contribution < 1.29 is 19.1 Å². The fraction of sp³-hybridized carbons (Fsp3) is 0.529. The molecule has 1 fully saturated rings. The zero-order valence-corrected chi connectivity index (χ0v) is 13.8. The van der Waals surface area contributed by atoms with Crippen LogP contribution >= 0.6 is 0 Å². The minimum Gasteiger partial charge on any atom is -0.484 e. The zero-order chi connectivity index (χ0) is 16.7. The molecule has 0 atom stereocenters. The molecular weight excluding hydrogens is 296 g/mol. The molecule has 1 aromatic rings. The molecule has 0 spiro atoms. The maximum atomic E-state index is 12.3. The van der Waals surface area contributed by atoms with E-state index in [0.717, 1.165) is 12.0 Å². The summed E-state index contributed by atoms with van der Waals surface area (Å²) in [6, 6.07) is 7.62. The summed E-state index contributed by atoms with van der Waals surface area (Å²) in [5.41, 5.74) is 1.09. The van der Waals surface area contributed by atoms with E-state index in [-0.39, 0.29) is 18.6 Å². The molecule has 6 heteroatoms. The Morgan fingerprint density at radius 2 is 1.87 bits per heavy atom. The Kier molecular flexibility index (Phi) is 6.26. The van der Waals surface area contributed by atoms with E-state index in [1.54, 1.807) is 16.7 Å². The lowest BCUT2D eigenvalue weighted by Crippen LogP contribution is -2.39. The second-order valence-electron chi connectivity index (χ2n) is 5.53. The Hall–Kier alpha value is -2.24. The van der Waals surface area contributed by atoms with Crippen molar-refractivity contribution in [3.05, 3.63) is 29.8 Å². The van der Waals surface area contributed by atoms with E-state index < -0.39 is 0 Å². The van der Waals surface area contributed by atoms with Gasteiger partial charge in [0.05, 0.1) is 6.61 Å². The number of amides is 2. The van der Waals surface area contributed by atoms with Crippen LogP contribution in [0.2, 0.25) is 0 Å². The monoisotopic (exact) mass is 320 g/mol. The van der Waals surface area contributed by atoms with Crippen LogP contribution in [-0.4, -0.2) is 61.2 Å². The maximum Gasteiger partial charge on any atom is 0.409 e. The molecule has 0 saturated carbocycles. The summed E-state index contributed by atoms with van der Waals surface area (Å²) in [6.07, 6.45) is 0.437. The Bertz CT molecular complexity index is 547. The standard InChI is InChI=1S/C17H24N2O4/c1-3-22-17(21)19-9-5-8-18(10-11-19)16(20)13-23-15-7-4-6-14(2)12-15/h4,6-7,12H,3,5,8-11,13H2,1-2H3. The van der Waals surface area contributed by atoms with Crippen molar-refractivity contribution in [3.63, 3.8) is 0 Å². The molecule has 0 aromatic heterocycles. The largest absolute Gasteiger partial charge is 0.484 e. The van der Waals surface area contributed by atoms with Crippen LogP contribution in [0.3, 0.4) is 0 Å². The SMILES string of the molecule is CCOC(=O)N1CCCN(C(=O)COc2cccc(C)c2)CC1. The third kappa shape index (κ3) is 5.16. The average Bonchev–Trinajstić information content (AvgIpc) is 2.79. The Balaban J connectivity index is 1.82. The summed E-state index contributed by atoms with van der Waals surface area (Å²) < 4.78 is 10.6. The highest BCUT2D eigenvalue weighted by molar-refractivity contribution is 5.78. The van der Waals surface area contributed by atoms with Crippen LogP contribution in [0.1, 0.15) is 18.9 Å². The molecule has 1 aliphatic heterocycles. The number of hydrogen-bond acceptors (Lipinski definition) is 4. The highest BCUT2D eigenvalue weighted by Gasteiger charge is 2.22. The molecule has 23 heavy (non-hydrogen) atoms. The van der Waals surface area contributed by atoms with Gasteiger partial charge in [0, 0.05) is 26.2 Å². The zero-order valence-electron chi connectivity index (χ0n) is 13.8. The lowest BCUT2D eigenvalue weighted by molar-refractivity contribution is -0.133. The molecule has 6 nitrogen and oxygen atoms in total. The van der Waals surface area contributed by atoms with Gasteiger partial charge in [-0.1, -0.05) is 12.1 Å². The van der Waals surface area contributed by atoms with Gasteiger partial charge < -0.3 is 19.3 Å². The Morgan fingerprint density at radius 1 is 1.13 bits per heavy atom. The predicted octanol–water partition coefficient (Wildman–Crippen LogP) is 2.06. The number of ether oxygens (including phenoxy) is 2. The highest BCUT2D eigenvalue weighted by Crippen LogP contribution is 2.13. The normalized spacial score (nSPS) is 15.0. The molecule has 0 unspecified atom stereocenters. The first-order valence-corrected chi connectivity index (χ1v) is 7.99. The number of hydrogen-bond donors (Lipinski definition) is 0. The number of carbonyl (C=O) groups is 2. The fourth-order valence-corrected chi connectivity index (χ4v) is 2.51. The fourth-order valence-electron chi connectivity index (χ4n) is 2.51. The first-order chi connectivity index (χ1) is 11.1. The molecular formula is C17H24N2O4. The van der Waals surface area contributed by atoms with Crippen molar-refractivity contribution in [3.8, 4) is 5.75 Å². The van der Waals surface area contributed by atoms with E-state index in [2.05, 4.69) is 0 Å². The molecule has 2 amide bonds. The van der Waals surface area contributed by atoms with Gasteiger partial charge in [0.25, 0.3) is 5.91 Å². The molecule has 2 rings (SSSR count). The van der Waals surface area contributed by atoms with Gasteiger partial charge in [-0.3, -0.25) is 4.79 Å². The smallest absolute Gasteiger partial charge is 0.409 e. The summed E-state index contributed by atoms with van der Waals surface area (Å²) in [4.78, 5) is 27.4. The Morgan fingerprint density at radius 3 is 2.61 bits per heavy atom. The molecule has 1 aliphatic rings. The van der Waals surface area contributed by atoms with Gasteiger partial charge >= 0.3 is 6.09 Å². The lowest BCUT2D eigenvalue weighted by atomic mass is 10.2. The number of aryl methyl sites for hydroxylation is 1. The van der Waals surface area contributed by atoms with Crippen LogP contribution < -0.4 is 4.74 Å². The maximum absolute atomic E-state index is 12.3. The van der Waals surface area contributed by atoms with Crippen molar-refractivity contribution >= 4 is 12.0 Å². The van der Waals surface area contributed by atoms with E-state index in [1.165, 1.54) is 0 Å². The van der Waals surface area contributed by atoms with Crippen LogP contribution in [0.4, 0.5) is 4.79 Å². The van der Waals surface area contributed by atoms with E-state index in [1.807, 2.05) is 31.2 Å². The summed E-state index contributed by atoms with van der Waals surface area (Å²) >= 11 is 0.